The van der Waals surface area contributed by atoms with E-state index in [1.807, 2.05) is 58.5 Å². The van der Waals surface area contributed by atoms with E-state index in [0.29, 0.717) is 51.2 Å². The van der Waals surface area contributed by atoms with Crippen molar-refractivity contribution < 1.29 is 14.3 Å². The van der Waals surface area contributed by atoms with Crippen LogP contribution in [0.4, 0.5) is 4.79 Å². The molecule has 30 heavy (non-hydrogen) atoms. The van der Waals surface area contributed by atoms with Crippen LogP contribution < -0.4 is 4.74 Å². The topological polar surface area (TPSA) is 54.9 Å². The van der Waals surface area contributed by atoms with Gasteiger partial charge in [-0.2, -0.15) is 0 Å². The summed E-state index contributed by atoms with van der Waals surface area (Å²) in [6.45, 7) is 5.80. The zero-order valence-electron chi connectivity index (χ0n) is 16.8. The number of thiophene rings is 1. The molecule has 3 heterocycles. The van der Waals surface area contributed by atoms with E-state index in [1.54, 1.807) is 11.3 Å². The summed E-state index contributed by atoms with van der Waals surface area (Å²) in [7, 11) is 0. The Bertz CT molecular complexity index is 1010. The summed E-state index contributed by atoms with van der Waals surface area (Å²) in [4.78, 5) is 22.6. The van der Waals surface area contributed by atoms with Crippen LogP contribution >= 0.6 is 22.9 Å². The van der Waals surface area contributed by atoms with Crippen LogP contribution in [0.15, 0.2) is 41.8 Å². The van der Waals surface area contributed by atoms with E-state index in [4.69, 9.17) is 21.1 Å². The highest BCUT2D eigenvalue weighted by molar-refractivity contribution is 7.09. The first-order valence-corrected chi connectivity index (χ1v) is 11.3. The summed E-state index contributed by atoms with van der Waals surface area (Å²) in [5.74, 6) is 0.792. The summed E-state index contributed by atoms with van der Waals surface area (Å²) < 4.78 is 11.0. The standard InChI is InChI=1S/C22H24ClN3O3S/c1-2-29-18-5-6-20-16(13-18)12-17(21(23)24-20)14-26(15-19-4-3-11-30-19)22(27)25-7-9-28-10-8-25/h3-6,11-13H,2,7-10,14-15H2,1H3. The van der Waals surface area contributed by atoms with Gasteiger partial charge in [-0.1, -0.05) is 17.7 Å². The number of hydrogen-bond acceptors (Lipinski definition) is 5. The Balaban J connectivity index is 1.62. The molecule has 1 aromatic carbocycles. The van der Waals surface area contributed by atoms with Crippen LogP contribution in [0.5, 0.6) is 5.75 Å². The number of aromatic nitrogens is 1. The van der Waals surface area contributed by atoms with Crippen molar-refractivity contribution >= 4 is 39.9 Å². The highest BCUT2D eigenvalue weighted by atomic mass is 35.5. The number of ether oxygens (including phenoxy) is 2. The van der Waals surface area contributed by atoms with Gasteiger partial charge in [-0.25, -0.2) is 9.78 Å². The number of amides is 2. The van der Waals surface area contributed by atoms with Crippen molar-refractivity contribution in [1.29, 1.82) is 0 Å². The summed E-state index contributed by atoms with van der Waals surface area (Å²) in [5, 5.41) is 3.37. The minimum atomic E-state index is -0.00840. The fourth-order valence-corrected chi connectivity index (χ4v) is 4.41. The van der Waals surface area contributed by atoms with Crippen molar-refractivity contribution in [2.24, 2.45) is 0 Å². The third kappa shape index (κ3) is 4.86. The number of nitrogens with zero attached hydrogens (tertiary/aromatic N) is 3. The Kier molecular flexibility index (Phi) is 6.72. The maximum absolute atomic E-state index is 13.3. The molecule has 0 unspecified atom stereocenters. The van der Waals surface area contributed by atoms with Gasteiger partial charge in [0.25, 0.3) is 0 Å². The van der Waals surface area contributed by atoms with Gasteiger partial charge >= 0.3 is 6.03 Å². The Morgan fingerprint density at radius 3 is 2.83 bits per heavy atom. The second-order valence-electron chi connectivity index (χ2n) is 7.04. The number of morpholine rings is 1. The van der Waals surface area contributed by atoms with Crippen LogP contribution in [0.3, 0.4) is 0 Å². The molecular formula is C22H24ClN3O3S. The van der Waals surface area contributed by atoms with E-state index < -0.39 is 0 Å². The maximum Gasteiger partial charge on any atom is 0.320 e. The molecule has 0 aliphatic carbocycles. The zero-order chi connectivity index (χ0) is 20.9. The summed E-state index contributed by atoms with van der Waals surface area (Å²) in [6.07, 6.45) is 0. The van der Waals surface area contributed by atoms with Gasteiger partial charge in [0.15, 0.2) is 0 Å². The SMILES string of the molecule is CCOc1ccc2nc(Cl)c(CN(Cc3cccs3)C(=O)N3CCOCC3)cc2c1. The lowest BCUT2D eigenvalue weighted by molar-refractivity contribution is 0.0419. The van der Waals surface area contributed by atoms with Gasteiger partial charge in [-0.3, -0.25) is 0 Å². The minimum absolute atomic E-state index is 0.00840. The predicted octanol–water partition coefficient (Wildman–Crippen LogP) is 4.80. The van der Waals surface area contributed by atoms with Gasteiger partial charge in [-0.05, 0) is 42.6 Å². The Morgan fingerprint density at radius 2 is 2.10 bits per heavy atom. The molecule has 158 valence electrons. The van der Waals surface area contributed by atoms with Crippen molar-refractivity contribution in [3.63, 3.8) is 0 Å². The summed E-state index contributed by atoms with van der Waals surface area (Å²) >= 11 is 8.15. The third-order valence-electron chi connectivity index (χ3n) is 4.96. The number of carbonyl (C=O) groups is 1. The summed E-state index contributed by atoms with van der Waals surface area (Å²) in [5.41, 5.74) is 1.62. The second kappa shape index (κ2) is 9.64. The average molecular weight is 446 g/mol. The van der Waals surface area contributed by atoms with Gasteiger partial charge in [0.2, 0.25) is 0 Å². The van der Waals surface area contributed by atoms with Gasteiger partial charge in [-0.15, -0.1) is 11.3 Å². The molecular weight excluding hydrogens is 422 g/mol. The smallest absolute Gasteiger partial charge is 0.320 e. The number of pyridine rings is 1. The molecule has 1 aliphatic rings. The van der Waals surface area contributed by atoms with Crippen molar-refractivity contribution in [1.82, 2.24) is 14.8 Å². The Labute approximate surface area is 185 Å². The molecule has 0 saturated carbocycles. The van der Waals surface area contributed by atoms with Gasteiger partial charge in [0.05, 0.1) is 38.4 Å². The number of urea groups is 1. The first-order chi connectivity index (χ1) is 14.6. The lowest BCUT2D eigenvalue weighted by Crippen LogP contribution is -2.47. The van der Waals surface area contributed by atoms with E-state index in [0.717, 1.165) is 27.1 Å². The molecule has 3 aromatic rings. The number of hydrogen-bond donors (Lipinski definition) is 0. The van der Waals surface area contributed by atoms with E-state index in [-0.39, 0.29) is 6.03 Å². The number of benzene rings is 1. The lowest BCUT2D eigenvalue weighted by Gasteiger charge is -2.33. The first-order valence-electron chi connectivity index (χ1n) is 10.00. The highest BCUT2D eigenvalue weighted by Crippen LogP contribution is 2.26. The van der Waals surface area contributed by atoms with E-state index in [2.05, 4.69) is 4.98 Å². The Morgan fingerprint density at radius 1 is 1.27 bits per heavy atom. The first kappa shape index (κ1) is 20.9. The van der Waals surface area contributed by atoms with Gasteiger partial charge < -0.3 is 19.3 Å². The molecule has 0 radical (unpaired) electrons. The molecule has 2 aromatic heterocycles. The molecule has 0 atom stereocenters. The second-order valence-corrected chi connectivity index (χ2v) is 8.43. The number of carbonyl (C=O) groups excluding carboxylic acids is 1. The summed E-state index contributed by atoms with van der Waals surface area (Å²) in [6, 6.07) is 11.8. The van der Waals surface area contributed by atoms with E-state index in [1.165, 1.54) is 0 Å². The van der Waals surface area contributed by atoms with Gasteiger partial charge in [0.1, 0.15) is 10.9 Å². The molecule has 1 fully saturated rings. The van der Waals surface area contributed by atoms with Crippen molar-refractivity contribution in [2.45, 2.75) is 20.0 Å². The minimum Gasteiger partial charge on any atom is -0.494 e. The number of fused-ring (bicyclic) bond motifs is 1. The molecule has 8 heteroatoms. The zero-order valence-corrected chi connectivity index (χ0v) is 18.4. The predicted molar refractivity (Wildman–Crippen MR) is 119 cm³/mol. The van der Waals surface area contributed by atoms with Crippen molar-refractivity contribution in [2.75, 3.05) is 32.9 Å². The lowest BCUT2D eigenvalue weighted by atomic mass is 10.1. The van der Waals surface area contributed by atoms with Crippen molar-refractivity contribution in [3.8, 4) is 5.75 Å². The van der Waals surface area contributed by atoms with Crippen molar-refractivity contribution in [3.05, 3.63) is 57.4 Å². The van der Waals surface area contributed by atoms with E-state index >= 15 is 0 Å². The molecule has 0 spiro atoms. The molecule has 0 N–H and O–H groups in total. The van der Waals surface area contributed by atoms with Crippen LogP contribution in [-0.2, 0) is 17.8 Å². The maximum atomic E-state index is 13.3. The van der Waals surface area contributed by atoms with Crippen LogP contribution in [0.1, 0.15) is 17.4 Å². The Hall–Kier alpha value is -2.35. The fourth-order valence-electron chi connectivity index (χ4n) is 3.48. The molecule has 4 rings (SSSR count). The normalized spacial score (nSPS) is 14.1. The van der Waals surface area contributed by atoms with Crippen LogP contribution in [0, 0.1) is 0 Å². The molecule has 1 saturated heterocycles. The molecule has 2 amide bonds. The van der Waals surface area contributed by atoms with Gasteiger partial charge in [0, 0.05) is 28.9 Å². The van der Waals surface area contributed by atoms with E-state index in [9.17, 15) is 4.79 Å². The molecule has 0 bridgehead atoms. The average Bonchev–Trinajstić information content (AvgIpc) is 3.27. The van der Waals surface area contributed by atoms with Crippen LogP contribution in [0.25, 0.3) is 10.9 Å². The fraction of sp³-hybridized carbons (Fsp3) is 0.364. The number of halogens is 1. The number of rotatable bonds is 6. The molecule has 1 aliphatic heterocycles. The quantitative estimate of drug-likeness (QED) is 0.511. The monoisotopic (exact) mass is 445 g/mol. The highest BCUT2D eigenvalue weighted by Gasteiger charge is 2.24. The molecule has 6 nitrogen and oxygen atoms in total. The third-order valence-corrected chi connectivity index (χ3v) is 6.15. The largest absolute Gasteiger partial charge is 0.494 e. The van der Waals surface area contributed by atoms with Crippen LogP contribution in [-0.4, -0.2) is 53.7 Å². The van der Waals surface area contributed by atoms with Crippen LogP contribution in [0.2, 0.25) is 5.15 Å².